The number of hydrogen-bond acceptors (Lipinski definition) is 13. The zero-order valence-electron chi connectivity index (χ0n) is 34.7. The molecule has 0 aliphatic carbocycles. The number of methoxy groups -OCH3 is 1. The Morgan fingerprint density at radius 3 is 2.34 bits per heavy atom. The van der Waals surface area contributed by atoms with Gasteiger partial charge in [-0.3, -0.25) is 19.7 Å². The van der Waals surface area contributed by atoms with Crippen molar-refractivity contribution in [1.29, 1.82) is 0 Å². The molecule has 5 amide bonds. The maximum Gasteiger partial charge on any atom is 0.343 e. The summed E-state index contributed by atoms with van der Waals surface area (Å²) in [7, 11) is 1.29. The molecule has 0 spiro atoms. The summed E-state index contributed by atoms with van der Waals surface area (Å²) in [6.45, 7) is 7.70. The number of piperidine rings is 2. The van der Waals surface area contributed by atoms with Gasteiger partial charge in [-0.15, -0.1) is 0 Å². The molecule has 3 N–H and O–H groups in total. The minimum Gasteiger partial charge on any atom is -0.494 e. The summed E-state index contributed by atoms with van der Waals surface area (Å²) in [6, 6.07) is 18.4. The predicted molar refractivity (Wildman–Crippen MR) is 237 cm³/mol. The van der Waals surface area contributed by atoms with E-state index < -0.39 is 30.9 Å². The van der Waals surface area contributed by atoms with Crippen LogP contribution < -0.4 is 35.8 Å². The molecule has 0 unspecified atom stereocenters. The van der Waals surface area contributed by atoms with E-state index in [1.54, 1.807) is 32.6 Å². The first-order valence-corrected chi connectivity index (χ1v) is 23.5. The Labute approximate surface area is 359 Å². The number of imide groups is 2. The van der Waals surface area contributed by atoms with Gasteiger partial charge in [0.1, 0.15) is 17.9 Å². The van der Waals surface area contributed by atoms with Crippen LogP contribution in [0.4, 0.5) is 39.3 Å². The number of anilines is 6. The Bertz CT molecular complexity index is 2410. The Morgan fingerprint density at radius 1 is 0.885 bits per heavy atom. The number of carbonyl (C=O) groups is 4. The molecule has 4 aliphatic rings. The number of aromatic nitrogens is 2. The molecule has 0 saturated carbocycles. The van der Waals surface area contributed by atoms with E-state index in [4.69, 9.17) is 16.3 Å². The van der Waals surface area contributed by atoms with Gasteiger partial charge in [0.05, 0.1) is 48.0 Å². The minimum atomic E-state index is -2.56. The van der Waals surface area contributed by atoms with Gasteiger partial charge in [0.15, 0.2) is 5.82 Å². The van der Waals surface area contributed by atoms with Gasteiger partial charge in [0.25, 0.3) is 11.8 Å². The molecule has 1 aromatic heterocycles. The zero-order chi connectivity index (χ0) is 43.0. The molecule has 18 heteroatoms. The van der Waals surface area contributed by atoms with Crippen LogP contribution in [0.2, 0.25) is 5.02 Å². The highest BCUT2D eigenvalue weighted by Crippen LogP contribution is 2.40. The number of benzene rings is 3. The lowest BCUT2D eigenvalue weighted by Gasteiger charge is -2.41. The number of nitrogens with one attached hydrogen (secondary N) is 3. The first-order chi connectivity index (χ1) is 29.3. The van der Waals surface area contributed by atoms with Crippen LogP contribution in [0.1, 0.15) is 52.8 Å². The smallest absolute Gasteiger partial charge is 0.343 e. The molecule has 320 valence electrons. The monoisotopic (exact) mass is 868 g/mol. The van der Waals surface area contributed by atoms with Crippen LogP contribution in [-0.2, 0) is 9.36 Å². The first-order valence-electron chi connectivity index (χ1n) is 20.5. The number of urea groups is 1. The van der Waals surface area contributed by atoms with Crippen molar-refractivity contribution in [1.82, 2.24) is 30.2 Å². The van der Waals surface area contributed by atoms with Crippen LogP contribution in [0.25, 0.3) is 0 Å². The standard InChI is InChI=1S/C43H50ClN10O6P/c1-50(26-27-14-19-52(20-15-27)34-10-7-8-30-38(34)41(57)54(40(30)56)53-23-18-37(55)48-43(53)58)28-16-21-51(22-17-28)29-12-13-32(35(24-29)60-2)47-42-45-25-31(44)39(49-42)46-33-9-5-6-11-36(33)61(3,4)59/h5-13,24-25,27-28H,14-23,26H2,1-4H3,(H,48,55,58)(H2,45,46,47,49). The summed E-state index contributed by atoms with van der Waals surface area (Å²) < 4.78 is 18.7. The van der Waals surface area contributed by atoms with E-state index >= 15 is 0 Å². The zero-order valence-corrected chi connectivity index (χ0v) is 36.3. The third kappa shape index (κ3) is 8.75. The lowest BCUT2D eigenvalue weighted by molar-refractivity contribution is -0.122. The van der Waals surface area contributed by atoms with Gasteiger partial charge in [-0.1, -0.05) is 29.8 Å². The summed E-state index contributed by atoms with van der Waals surface area (Å²) >= 11 is 6.48. The van der Waals surface area contributed by atoms with E-state index in [1.807, 2.05) is 42.5 Å². The number of nitrogens with zero attached hydrogens (tertiary/aromatic N) is 7. The fraction of sp³-hybridized carbons (Fsp3) is 0.395. The predicted octanol–water partition coefficient (Wildman–Crippen LogP) is 6.14. The number of amides is 5. The average Bonchev–Trinajstić information content (AvgIpc) is 3.50. The Morgan fingerprint density at radius 2 is 1.62 bits per heavy atom. The molecule has 4 aliphatic heterocycles. The highest BCUT2D eigenvalue weighted by Gasteiger charge is 2.45. The lowest BCUT2D eigenvalue weighted by atomic mass is 9.93. The third-order valence-electron chi connectivity index (χ3n) is 12.0. The van der Waals surface area contributed by atoms with Crippen LogP contribution in [-0.4, -0.2) is 121 Å². The Kier molecular flexibility index (Phi) is 11.9. The highest BCUT2D eigenvalue weighted by atomic mass is 35.5. The van der Waals surface area contributed by atoms with Crippen LogP contribution in [0, 0.1) is 5.92 Å². The van der Waals surface area contributed by atoms with Crippen molar-refractivity contribution in [3.8, 4) is 5.75 Å². The first kappa shape index (κ1) is 42.0. The van der Waals surface area contributed by atoms with E-state index in [2.05, 4.69) is 53.7 Å². The number of ether oxygens (including phenoxy) is 1. The summed E-state index contributed by atoms with van der Waals surface area (Å²) in [5.74, 6) is 0.329. The molecule has 16 nitrogen and oxygen atoms in total. The number of hydrazine groups is 1. The maximum absolute atomic E-state index is 13.6. The van der Waals surface area contributed by atoms with E-state index in [0.717, 1.165) is 74.1 Å². The summed E-state index contributed by atoms with van der Waals surface area (Å²) in [6.07, 6.45) is 5.47. The van der Waals surface area contributed by atoms with Crippen molar-refractivity contribution in [2.45, 2.75) is 38.1 Å². The molecule has 3 aromatic carbocycles. The quantitative estimate of drug-likeness (QED) is 0.110. The molecule has 0 atom stereocenters. The number of halogens is 1. The molecule has 3 saturated heterocycles. The number of carbonyl (C=O) groups excluding carboxylic acids is 4. The van der Waals surface area contributed by atoms with Crippen LogP contribution >= 0.6 is 18.7 Å². The average molecular weight is 869 g/mol. The number of rotatable bonds is 12. The minimum absolute atomic E-state index is 0.0146. The van der Waals surface area contributed by atoms with Crippen molar-refractivity contribution in [3.05, 3.63) is 83.0 Å². The largest absolute Gasteiger partial charge is 0.494 e. The Balaban J connectivity index is 0.839. The number of hydrogen-bond donors (Lipinski definition) is 3. The van der Waals surface area contributed by atoms with E-state index in [0.29, 0.717) is 62.4 Å². The van der Waals surface area contributed by atoms with Gasteiger partial charge >= 0.3 is 6.03 Å². The molecule has 0 bridgehead atoms. The van der Waals surface area contributed by atoms with E-state index in [9.17, 15) is 23.7 Å². The fourth-order valence-electron chi connectivity index (χ4n) is 8.75. The lowest BCUT2D eigenvalue weighted by Crippen LogP contribution is -2.58. The molecular formula is C43H50ClN10O6P. The third-order valence-corrected chi connectivity index (χ3v) is 13.8. The molecule has 4 aromatic rings. The van der Waals surface area contributed by atoms with Crippen LogP contribution in [0.3, 0.4) is 0 Å². The van der Waals surface area contributed by atoms with Gasteiger partial charge in [-0.2, -0.15) is 9.99 Å². The number of para-hydroxylation sites is 1. The summed E-state index contributed by atoms with van der Waals surface area (Å²) in [4.78, 5) is 67.3. The molecule has 0 radical (unpaired) electrons. The van der Waals surface area contributed by atoms with Gasteiger partial charge in [0.2, 0.25) is 11.9 Å². The van der Waals surface area contributed by atoms with Gasteiger partial charge in [-0.05, 0) is 88.4 Å². The normalized spacial score (nSPS) is 17.9. The molecule has 3 fully saturated rings. The Hall–Kier alpha value is -5.70. The topological polar surface area (TPSA) is 173 Å². The molecule has 61 heavy (non-hydrogen) atoms. The SMILES string of the molecule is COc1cc(N2CCC(N(C)CC3CCN(c4cccc5c4C(=O)N(N4CCC(=O)NC4=O)C5=O)CC3)CC2)ccc1Nc1ncc(Cl)c(Nc2ccccc2P(C)(C)=O)n1. The van der Waals surface area contributed by atoms with Crippen molar-refractivity contribution < 1.29 is 28.5 Å². The van der Waals surface area contributed by atoms with Gasteiger partial charge in [-0.25, -0.2) is 14.8 Å². The molecule has 5 heterocycles. The van der Waals surface area contributed by atoms with Crippen molar-refractivity contribution in [3.63, 3.8) is 0 Å². The van der Waals surface area contributed by atoms with Crippen molar-refractivity contribution in [2.24, 2.45) is 5.92 Å². The second-order valence-electron chi connectivity index (χ2n) is 16.3. The van der Waals surface area contributed by atoms with Gasteiger partial charge < -0.3 is 34.6 Å². The summed E-state index contributed by atoms with van der Waals surface area (Å²) in [5, 5.41) is 11.7. The van der Waals surface area contributed by atoms with Crippen LogP contribution in [0.15, 0.2) is 66.9 Å². The molecule has 8 rings (SSSR count). The second-order valence-corrected chi connectivity index (χ2v) is 19.9. The van der Waals surface area contributed by atoms with Crippen LogP contribution in [0.5, 0.6) is 5.75 Å². The fourth-order valence-corrected chi connectivity index (χ4v) is 10.0. The maximum atomic E-state index is 13.6. The van der Waals surface area contributed by atoms with E-state index in [-0.39, 0.29) is 18.5 Å². The second kappa shape index (κ2) is 17.3. The number of fused-ring (bicyclic) bond motifs is 1. The molecular weight excluding hydrogens is 819 g/mol. The van der Waals surface area contributed by atoms with Gasteiger partial charge in [0, 0.05) is 62.2 Å². The highest BCUT2D eigenvalue weighted by molar-refractivity contribution is 7.70. The summed E-state index contributed by atoms with van der Waals surface area (Å²) in [5.41, 5.74) is 3.74. The van der Waals surface area contributed by atoms with Crippen molar-refractivity contribution >= 4 is 82.3 Å². The van der Waals surface area contributed by atoms with E-state index in [1.165, 1.54) is 6.20 Å². The van der Waals surface area contributed by atoms with Crippen molar-refractivity contribution in [2.75, 3.05) is 87.2 Å².